The number of hydrogen-bond acceptors (Lipinski definition) is 0. The highest BCUT2D eigenvalue weighted by atomic mass is 19.4. The largest absolute Gasteiger partial charge is 0.458 e. The Morgan fingerprint density at radius 1 is 0.857 bits per heavy atom. The fourth-order valence-electron chi connectivity index (χ4n) is 5.07. The lowest BCUT2D eigenvalue weighted by atomic mass is 9.68. The summed E-state index contributed by atoms with van der Waals surface area (Å²) in [7, 11) is 0. The van der Waals surface area contributed by atoms with Crippen LogP contribution in [0.4, 0.5) is 22.0 Å². The molecule has 0 N–H and O–H groups in total. The minimum Gasteiger partial charge on any atom is -0.206 e. The maximum atomic E-state index is 14.2. The topological polar surface area (TPSA) is 0 Å². The van der Waals surface area contributed by atoms with Gasteiger partial charge in [0.05, 0.1) is 5.56 Å². The predicted molar refractivity (Wildman–Crippen MR) is 99.7 cm³/mol. The third-order valence-corrected chi connectivity index (χ3v) is 6.77. The molecule has 0 aromatic heterocycles. The van der Waals surface area contributed by atoms with Crippen LogP contribution in [0.15, 0.2) is 12.1 Å². The van der Waals surface area contributed by atoms with Crippen LogP contribution in [0.25, 0.3) is 0 Å². The quantitative estimate of drug-likeness (QED) is 0.368. The Balaban J connectivity index is 1.62. The highest BCUT2D eigenvalue weighted by molar-refractivity contribution is 5.40. The van der Waals surface area contributed by atoms with Crippen LogP contribution in [-0.2, 0) is 0 Å². The fourth-order valence-corrected chi connectivity index (χ4v) is 5.07. The molecule has 0 saturated heterocycles. The molecule has 0 spiro atoms. The Bertz CT molecular complexity index is 701. The van der Waals surface area contributed by atoms with Crippen LogP contribution < -0.4 is 0 Å². The Hall–Kier alpha value is -1.57. The normalized spacial score (nSPS) is 28.5. The molecule has 0 nitrogen and oxygen atoms in total. The average Bonchev–Trinajstić information content (AvgIpc) is 2.66. The van der Waals surface area contributed by atoms with Crippen molar-refractivity contribution in [2.24, 2.45) is 17.8 Å². The molecule has 0 unspecified atom stereocenters. The zero-order valence-electron chi connectivity index (χ0n) is 16.2. The van der Waals surface area contributed by atoms with Crippen molar-refractivity contribution in [3.8, 4) is 11.8 Å². The highest BCUT2D eigenvalue weighted by Gasteiger charge is 2.31. The van der Waals surface area contributed by atoms with Gasteiger partial charge in [0.1, 0.15) is 11.6 Å². The Labute approximate surface area is 163 Å². The van der Waals surface area contributed by atoms with E-state index >= 15 is 0 Å². The standard InChI is InChI=1S/C23H27F5/c1-2-15-3-5-16(6-4-15)17-7-9-18(10-8-17)19-13-21(24)20(22(25)14-19)11-12-23(26,27)28/h13-18H,2-10H2,1H3. The van der Waals surface area contributed by atoms with Gasteiger partial charge in [-0.25, -0.2) is 8.78 Å². The van der Waals surface area contributed by atoms with Gasteiger partial charge in [-0.3, -0.25) is 0 Å². The molecule has 0 aliphatic heterocycles. The van der Waals surface area contributed by atoms with Crippen molar-refractivity contribution in [2.45, 2.75) is 76.8 Å². The van der Waals surface area contributed by atoms with Gasteiger partial charge in [-0.2, -0.15) is 13.2 Å². The first kappa shape index (κ1) is 21.1. The number of hydrogen-bond donors (Lipinski definition) is 0. The Morgan fingerprint density at radius 3 is 1.82 bits per heavy atom. The molecule has 154 valence electrons. The van der Waals surface area contributed by atoms with E-state index < -0.39 is 23.4 Å². The molecule has 1 aromatic rings. The molecular formula is C23H27F5. The van der Waals surface area contributed by atoms with E-state index in [-0.39, 0.29) is 5.92 Å². The molecule has 28 heavy (non-hydrogen) atoms. The summed E-state index contributed by atoms with van der Waals surface area (Å²) in [6, 6.07) is 2.34. The zero-order chi connectivity index (χ0) is 20.3. The van der Waals surface area contributed by atoms with E-state index in [1.807, 2.05) is 0 Å². The van der Waals surface area contributed by atoms with Crippen molar-refractivity contribution >= 4 is 0 Å². The molecule has 5 heteroatoms. The molecule has 0 bridgehead atoms. The lowest BCUT2D eigenvalue weighted by molar-refractivity contribution is -0.0696. The molecule has 0 amide bonds. The molecule has 1 aromatic carbocycles. The summed E-state index contributed by atoms with van der Waals surface area (Å²) in [5.74, 6) is 2.92. The molecule has 2 aliphatic carbocycles. The van der Waals surface area contributed by atoms with E-state index in [2.05, 4.69) is 6.92 Å². The average molecular weight is 398 g/mol. The van der Waals surface area contributed by atoms with Crippen molar-refractivity contribution in [1.82, 2.24) is 0 Å². The van der Waals surface area contributed by atoms with Gasteiger partial charge in [-0.15, -0.1) is 0 Å². The maximum absolute atomic E-state index is 14.2. The van der Waals surface area contributed by atoms with E-state index in [9.17, 15) is 22.0 Å². The second-order valence-electron chi connectivity index (χ2n) is 8.41. The first-order valence-corrected chi connectivity index (χ1v) is 10.4. The number of rotatable bonds is 3. The van der Waals surface area contributed by atoms with E-state index in [0.717, 1.165) is 43.4 Å². The Kier molecular flexibility index (Phi) is 6.68. The van der Waals surface area contributed by atoms with Gasteiger partial charge in [0.25, 0.3) is 0 Å². The maximum Gasteiger partial charge on any atom is 0.458 e. The summed E-state index contributed by atoms with van der Waals surface area (Å²) in [6.07, 6.45) is 5.60. The number of halogens is 5. The number of benzene rings is 1. The highest BCUT2D eigenvalue weighted by Crippen LogP contribution is 2.44. The lowest BCUT2D eigenvalue weighted by Crippen LogP contribution is -2.25. The zero-order valence-corrected chi connectivity index (χ0v) is 16.2. The van der Waals surface area contributed by atoms with Crippen LogP contribution >= 0.6 is 0 Å². The summed E-state index contributed by atoms with van der Waals surface area (Å²) in [5.41, 5.74) is -0.261. The van der Waals surface area contributed by atoms with E-state index in [1.54, 1.807) is 5.92 Å². The molecular weight excluding hydrogens is 371 g/mol. The van der Waals surface area contributed by atoms with Crippen molar-refractivity contribution in [3.05, 3.63) is 34.9 Å². The van der Waals surface area contributed by atoms with Gasteiger partial charge >= 0.3 is 6.18 Å². The minimum atomic E-state index is -4.77. The SMILES string of the molecule is CCC1CCC(C2CCC(c3cc(F)c(C#CC(F)(F)F)c(F)c3)CC2)CC1. The van der Waals surface area contributed by atoms with Crippen LogP contribution in [0.3, 0.4) is 0 Å². The van der Waals surface area contributed by atoms with Crippen molar-refractivity contribution in [3.63, 3.8) is 0 Å². The third-order valence-electron chi connectivity index (χ3n) is 6.77. The number of alkyl halides is 3. The van der Waals surface area contributed by atoms with Crippen molar-refractivity contribution in [1.29, 1.82) is 0 Å². The Morgan fingerprint density at radius 2 is 1.36 bits per heavy atom. The summed E-state index contributed by atoms with van der Waals surface area (Å²) >= 11 is 0. The molecule has 0 heterocycles. The summed E-state index contributed by atoms with van der Waals surface area (Å²) in [5, 5.41) is 0. The van der Waals surface area contributed by atoms with Crippen LogP contribution in [-0.4, -0.2) is 6.18 Å². The summed E-state index contributed by atoms with van der Waals surface area (Å²) in [6.45, 7) is 2.26. The molecule has 0 atom stereocenters. The van der Waals surface area contributed by atoms with Crippen molar-refractivity contribution < 1.29 is 22.0 Å². The van der Waals surface area contributed by atoms with Crippen LogP contribution in [0.1, 0.15) is 81.8 Å². The van der Waals surface area contributed by atoms with E-state index in [4.69, 9.17) is 0 Å². The first-order chi connectivity index (χ1) is 13.3. The molecule has 2 aliphatic rings. The fraction of sp³-hybridized carbons (Fsp3) is 0.652. The van der Waals surface area contributed by atoms with Gasteiger partial charge in [0.2, 0.25) is 0 Å². The molecule has 2 fully saturated rings. The van der Waals surface area contributed by atoms with Crippen LogP contribution in [0.5, 0.6) is 0 Å². The van der Waals surface area contributed by atoms with E-state index in [1.165, 1.54) is 44.2 Å². The predicted octanol–water partition coefficient (Wildman–Crippen LogP) is 7.37. The molecule has 3 rings (SSSR count). The van der Waals surface area contributed by atoms with Gasteiger partial charge in [0.15, 0.2) is 0 Å². The second kappa shape index (κ2) is 8.84. The van der Waals surface area contributed by atoms with Gasteiger partial charge < -0.3 is 0 Å². The second-order valence-corrected chi connectivity index (χ2v) is 8.41. The first-order valence-electron chi connectivity index (χ1n) is 10.4. The van der Waals surface area contributed by atoms with Gasteiger partial charge in [-0.1, -0.05) is 32.1 Å². The minimum absolute atomic E-state index is 0.0665. The van der Waals surface area contributed by atoms with Crippen LogP contribution in [0, 0.1) is 41.2 Å². The molecule has 2 saturated carbocycles. The van der Waals surface area contributed by atoms with Gasteiger partial charge in [0, 0.05) is 5.92 Å². The van der Waals surface area contributed by atoms with E-state index in [0.29, 0.717) is 11.5 Å². The van der Waals surface area contributed by atoms with Crippen molar-refractivity contribution in [2.75, 3.05) is 0 Å². The lowest BCUT2D eigenvalue weighted by Gasteiger charge is -2.38. The monoisotopic (exact) mass is 398 g/mol. The summed E-state index contributed by atoms with van der Waals surface area (Å²) in [4.78, 5) is 0. The smallest absolute Gasteiger partial charge is 0.206 e. The molecule has 0 radical (unpaired) electrons. The third kappa shape index (κ3) is 5.27. The summed E-state index contributed by atoms with van der Waals surface area (Å²) < 4.78 is 64.9. The van der Waals surface area contributed by atoms with Gasteiger partial charge in [-0.05, 0) is 79.9 Å². The van der Waals surface area contributed by atoms with Crippen LogP contribution in [0.2, 0.25) is 0 Å².